The van der Waals surface area contributed by atoms with Crippen LogP contribution in [0, 0.1) is 0 Å². The third-order valence-electron chi connectivity index (χ3n) is 3.33. The molecule has 0 fully saturated rings. The molecule has 7 heteroatoms. The van der Waals surface area contributed by atoms with Gasteiger partial charge in [0.15, 0.2) is 4.47 Å². The minimum atomic E-state index is -0.135. The minimum Gasteiger partial charge on any atom is -0.379 e. The fraction of sp³-hybridized carbons (Fsp3) is 0.118. The Morgan fingerprint density at radius 2 is 2.00 bits per heavy atom. The van der Waals surface area contributed by atoms with E-state index in [0.29, 0.717) is 23.1 Å². The zero-order valence-electron chi connectivity index (χ0n) is 12.7. The number of pyridine rings is 1. The predicted molar refractivity (Wildman–Crippen MR) is 96.3 cm³/mol. The molecule has 122 valence electrons. The number of hydrogen-bond acceptors (Lipinski definition) is 5. The zero-order chi connectivity index (χ0) is 16.8. The van der Waals surface area contributed by atoms with Crippen LogP contribution in [0.2, 0.25) is 4.47 Å². The Morgan fingerprint density at radius 3 is 2.75 bits per heavy atom. The van der Waals surface area contributed by atoms with Crippen LogP contribution in [0.4, 0.5) is 5.69 Å². The molecule has 0 atom stereocenters. The van der Waals surface area contributed by atoms with E-state index in [9.17, 15) is 4.79 Å². The van der Waals surface area contributed by atoms with E-state index in [2.05, 4.69) is 20.6 Å². The van der Waals surface area contributed by atoms with Crippen molar-refractivity contribution < 1.29 is 4.79 Å². The summed E-state index contributed by atoms with van der Waals surface area (Å²) in [6.45, 7) is 1.00. The molecule has 0 radical (unpaired) electrons. The van der Waals surface area contributed by atoms with Gasteiger partial charge in [-0.05, 0) is 23.8 Å². The number of rotatable bonds is 6. The van der Waals surface area contributed by atoms with Crippen LogP contribution in [0.25, 0.3) is 0 Å². The van der Waals surface area contributed by atoms with Crippen molar-refractivity contribution in [3.63, 3.8) is 0 Å². The Morgan fingerprint density at radius 1 is 1.12 bits per heavy atom. The normalized spacial score (nSPS) is 10.4. The number of amides is 1. The maximum Gasteiger partial charge on any atom is 0.253 e. The van der Waals surface area contributed by atoms with Crippen LogP contribution in [0.3, 0.4) is 0 Å². The Bertz CT molecular complexity index is 822. The molecule has 0 saturated carbocycles. The Kier molecular flexibility index (Phi) is 5.40. The van der Waals surface area contributed by atoms with Gasteiger partial charge in [0.2, 0.25) is 0 Å². The van der Waals surface area contributed by atoms with Crippen molar-refractivity contribution >= 4 is 34.5 Å². The molecule has 24 heavy (non-hydrogen) atoms. The number of hydrogen-bond donors (Lipinski definition) is 2. The van der Waals surface area contributed by atoms with Gasteiger partial charge in [0.25, 0.3) is 5.91 Å². The van der Waals surface area contributed by atoms with Crippen molar-refractivity contribution in [2.24, 2.45) is 0 Å². The third kappa shape index (κ3) is 4.31. The minimum absolute atomic E-state index is 0.135. The summed E-state index contributed by atoms with van der Waals surface area (Å²) in [6.07, 6.45) is 5.17. The lowest BCUT2D eigenvalue weighted by atomic mass is 10.1. The second-order valence-corrected chi connectivity index (χ2v) is 6.72. The molecule has 0 spiro atoms. The average Bonchev–Trinajstić information content (AvgIpc) is 3.04. The highest BCUT2D eigenvalue weighted by molar-refractivity contribution is 7.15. The Hall–Kier alpha value is -2.44. The first-order valence-corrected chi connectivity index (χ1v) is 8.52. The van der Waals surface area contributed by atoms with E-state index >= 15 is 0 Å². The lowest BCUT2D eigenvalue weighted by molar-refractivity contribution is 0.0951. The van der Waals surface area contributed by atoms with E-state index in [1.165, 1.54) is 11.3 Å². The number of benzene rings is 1. The molecule has 0 bridgehead atoms. The van der Waals surface area contributed by atoms with Crippen molar-refractivity contribution in [3.05, 3.63) is 75.5 Å². The van der Waals surface area contributed by atoms with Crippen LogP contribution in [-0.2, 0) is 13.1 Å². The van der Waals surface area contributed by atoms with Gasteiger partial charge in [0.05, 0.1) is 12.1 Å². The number of thiazole rings is 1. The fourth-order valence-corrected chi connectivity index (χ4v) is 3.08. The van der Waals surface area contributed by atoms with Gasteiger partial charge in [-0.15, -0.1) is 11.3 Å². The fourth-order valence-electron chi connectivity index (χ4n) is 2.16. The van der Waals surface area contributed by atoms with Gasteiger partial charge in [-0.2, -0.15) is 0 Å². The molecule has 1 amide bonds. The van der Waals surface area contributed by atoms with Crippen LogP contribution in [0.5, 0.6) is 0 Å². The molecule has 0 aliphatic carbocycles. The highest BCUT2D eigenvalue weighted by atomic mass is 35.5. The Balaban J connectivity index is 1.65. The van der Waals surface area contributed by atoms with Gasteiger partial charge < -0.3 is 10.6 Å². The third-order valence-corrected chi connectivity index (χ3v) is 4.44. The first-order valence-electron chi connectivity index (χ1n) is 7.32. The number of aromatic nitrogens is 2. The van der Waals surface area contributed by atoms with Crippen molar-refractivity contribution in [2.75, 3.05) is 5.32 Å². The summed E-state index contributed by atoms with van der Waals surface area (Å²) in [6, 6.07) is 11.2. The molecule has 2 N–H and O–H groups in total. The van der Waals surface area contributed by atoms with E-state index in [1.807, 2.05) is 30.3 Å². The largest absolute Gasteiger partial charge is 0.379 e. The summed E-state index contributed by atoms with van der Waals surface area (Å²) in [7, 11) is 0. The van der Waals surface area contributed by atoms with E-state index in [-0.39, 0.29) is 5.91 Å². The molecule has 0 saturated heterocycles. The molecular formula is C17H15ClN4OS. The summed E-state index contributed by atoms with van der Waals surface area (Å²) >= 11 is 7.25. The molecule has 2 heterocycles. The van der Waals surface area contributed by atoms with Crippen LogP contribution in [0.15, 0.2) is 55.0 Å². The molecule has 0 unspecified atom stereocenters. The first kappa shape index (κ1) is 16.4. The topological polar surface area (TPSA) is 66.9 Å². The molecule has 2 aromatic heterocycles. The summed E-state index contributed by atoms with van der Waals surface area (Å²) in [5.74, 6) is -0.135. The van der Waals surface area contributed by atoms with Crippen LogP contribution in [-0.4, -0.2) is 15.9 Å². The lowest BCUT2D eigenvalue weighted by Gasteiger charge is -2.11. The maximum absolute atomic E-state index is 12.5. The molecule has 3 aromatic rings. The standard InChI is InChI=1S/C17H15ClN4OS/c18-17-22-11-13(24-17)10-20-15-6-2-1-5-14(15)16(23)21-9-12-4-3-7-19-8-12/h1-8,11,20H,9-10H2,(H,21,23). The van der Waals surface area contributed by atoms with Crippen LogP contribution >= 0.6 is 22.9 Å². The van der Waals surface area contributed by atoms with Gasteiger partial charge in [0.1, 0.15) is 0 Å². The smallest absolute Gasteiger partial charge is 0.253 e. The lowest BCUT2D eigenvalue weighted by Crippen LogP contribution is -2.24. The zero-order valence-corrected chi connectivity index (χ0v) is 14.3. The number of para-hydroxylation sites is 1. The number of nitrogens with zero attached hydrogens (tertiary/aromatic N) is 2. The van der Waals surface area contributed by atoms with Crippen molar-refractivity contribution in [2.45, 2.75) is 13.1 Å². The molecule has 5 nitrogen and oxygen atoms in total. The van der Waals surface area contributed by atoms with Gasteiger partial charge >= 0.3 is 0 Å². The highest BCUT2D eigenvalue weighted by Gasteiger charge is 2.11. The quantitative estimate of drug-likeness (QED) is 0.704. The summed E-state index contributed by atoms with van der Waals surface area (Å²) in [4.78, 5) is 21.5. The highest BCUT2D eigenvalue weighted by Crippen LogP contribution is 2.21. The monoisotopic (exact) mass is 358 g/mol. The van der Waals surface area contributed by atoms with Crippen molar-refractivity contribution in [3.8, 4) is 0 Å². The maximum atomic E-state index is 12.5. The van der Waals surface area contributed by atoms with E-state index in [0.717, 1.165) is 16.1 Å². The SMILES string of the molecule is O=C(NCc1cccnc1)c1ccccc1NCc1cnc(Cl)s1. The number of anilines is 1. The predicted octanol–water partition coefficient (Wildman–Crippen LogP) is 3.73. The van der Waals surface area contributed by atoms with Crippen LogP contribution in [0.1, 0.15) is 20.8 Å². The first-order chi connectivity index (χ1) is 11.7. The molecule has 0 aliphatic heterocycles. The van der Waals surface area contributed by atoms with Crippen molar-refractivity contribution in [1.82, 2.24) is 15.3 Å². The summed E-state index contributed by atoms with van der Waals surface area (Å²) in [5, 5.41) is 6.17. The number of nitrogens with one attached hydrogen (secondary N) is 2. The molecular weight excluding hydrogens is 344 g/mol. The summed E-state index contributed by atoms with van der Waals surface area (Å²) in [5.41, 5.74) is 2.32. The average molecular weight is 359 g/mol. The van der Waals surface area contributed by atoms with Gasteiger partial charge in [-0.25, -0.2) is 4.98 Å². The van der Waals surface area contributed by atoms with Gasteiger partial charge in [-0.1, -0.05) is 29.8 Å². The molecule has 3 rings (SSSR count). The van der Waals surface area contributed by atoms with E-state index < -0.39 is 0 Å². The summed E-state index contributed by atoms with van der Waals surface area (Å²) < 4.78 is 0.509. The van der Waals surface area contributed by atoms with E-state index in [1.54, 1.807) is 24.7 Å². The van der Waals surface area contributed by atoms with Crippen molar-refractivity contribution in [1.29, 1.82) is 0 Å². The Labute approximate surface area is 148 Å². The second-order valence-electron chi connectivity index (χ2n) is 5.02. The van der Waals surface area contributed by atoms with Gasteiger partial charge in [-0.3, -0.25) is 9.78 Å². The second kappa shape index (κ2) is 7.90. The van der Waals surface area contributed by atoms with Crippen LogP contribution < -0.4 is 10.6 Å². The molecule has 0 aliphatic rings. The van der Waals surface area contributed by atoms with Gasteiger partial charge in [0, 0.05) is 35.7 Å². The number of carbonyl (C=O) groups is 1. The molecule has 1 aromatic carbocycles. The number of carbonyl (C=O) groups excluding carboxylic acids is 1. The number of halogens is 1. The van der Waals surface area contributed by atoms with E-state index in [4.69, 9.17) is 11.6 Å².